The molecule has 0 aromatic heterocycles. The predicted molar refractivity (Wildman–Crippen MR) is 68.9 cm³/mol. The second kappa shape index (κ2) is 5.67. The maximum absolute atomic E-state index is 11.2. The molecule has 6 heteroatoms. The number of methoxy groups -OCH3 is 3. The number of rotatable bonds is 4. The van der Waals surface area contributed by atoms with Gasteiger partial charge in [-0.15, -0.1) is 0 Å². The summed E-state index contributed by atoms with van der Waals surface area (Å²) in [4.78, 5) is 12.5. The van der Waals surface area contributed by atoms with Crippen LogP contribution in [-0.2, 0) is 0 Å². The van der Waals surface area contributed by atoms with Crippen LogP contribution >= 0.6 is 12.6 Å². The minimum absolute atomic E-state index is 0.376. The first-order valence-corrected chi connectivity index (χ1v) is 5.26. The van der Waals surface area contributed by atoms with E-state index in [0.717, 1.165) is 0 Å². The molecule has 1 aromatic rings. The van der Waals surface area contributed by atoms with Gasteiger partial charge in [-0.05, 0) is 0 Å². The van der Waals surface area contributed by atoms with Crippen LogP contribution in [0.3, 0.4) is 0 Å². The van der Waals surface area contributed by atoms with Gasteiger partial charge in [0.15, 0.2) is 11.5 Å². The molecule has 0 aliphatic carbocycles. The fraction of sp³-hybridized carbons (Fsp3) is 0.364. The summed E-state index contributed by atoms with van der Waals surface area (Å²) in [6.45, 7) is 0. The predicted octanol–water partition coefficient (Wildman–Crippen LogP) is 2.20. The quantitative estimate of drug-likeness (QED) is 0.840. The normalized spacial score (nSPS) is 9.71. The molecule has 1 amide bonds. The smallest absolute Gasteiger partial charge is 0.282 e. The molecule has 0 aliphatic heterocycles. The molecular weight excluding hydrogens is 242 g/mol. The van der Waals surface area contributed by atoms with Crippen LogP contribution in [0.15, 0.2) is 12.1 Å². The fourth-order valence-electron chi connectivity index (χ4n) is 1.37. The van der Waals surface area contributed by atoms with Crippen LogP contribution in [0, 0.1) is 0 Å². The van der Waals surface area contributed by atoms with Crippen molar-refractivity contribution in [3.8, 4) is 17.2 Å². The lowest BCUT2D eigenvalue weighted by atomic mass is 10.2. The average Bonchev–Trinajstić information content (AvgIpc) is 2.35. The molecule has 0 N–H and O–H groups in total. The number of ether oxygens (including phenoxy) is 3. The summed E-state index contributed by atoms with van der Waals surface area (Å²) in [6, 6.07) is 3.35. The number of nitrogens with zero attached hydrogens (tertiary/aromatic N) is 1. The Kier molecular flexibility index (Phi) is 4.51. The minimum atomic E-state index is -0.376. The average molecular weight is 257 g/mol. The van der Waals surface area contributed by atoms with E-state index in [4.69, 9.17) is 14.2 Å². The first kappa shape index (κ1) is 13.5. The van der Waals surface area contributed by atoms with Crippen molar-refractivity contribution in [2.45, 2.75) is 0 Å². The van der Waals surface area contributed by atoms with Crippen LogP contribution in [0.1, 0.15) is 0 Å². The molecule has 94 valence electrons. The number of thiol groups is 1. The molecule has 0 unspecified atom stereocenters. The van der Waals surface area contributed by atoms with Crippen molar-refractivity contribution in [3.05, 3.63) is 12.1 Å². The number of amides is 1. The summed E-state index contributed by atoms with van der Waals surface area (Å²) in [5.74, 6) is 1.46. The third-order valence-corrected chi connectivity index (χ3v) is 2.62. The zero-order valence-corrected chi connectivity index (χ0v) is 11.1. The molecule has 0 bridgehead atoms. The summed E-state index contributed by atoms with van der Waals surface area (Å²) in [7, 11) is 6.16. The highest BCUT2D eigenvalue weighted by molar-refractivity contribution is 7.96. The van der Waals surface area contributed by atoms with Gasteiger partial charge in [0.1, 0.15) is 0 Å². The molecule has 5 nitrogen and oxygen atoms in total. The summed E-state index contributed by atoms with van der Waals surface area (Å²) in [5.41, 5.74) is 0.611. The molecule has 0 aliphatic rings. The van der Waals surface area contributed by atoms with E-state index in [0.29, 0.717) is 22.9 Å². The number of carbonyl (C=O) groups is 1. The zero-order valence-electron chi connectivity index (χ0n) is 10.2. The van der Waals surface area contributed by atoms with Crippen molar-refractivity contribution >= 4 is 23.6 Å². The van der Waals surface area contributed by atoms with Crippen LogP contribution in [-0.4, -0.2) is 33.6 Å². The van der Waals surface area contributed by atoms with Gasteiger partial charge in [0.05, 0.1) is 27.0 Å². The largest absolute Gasteiger partial charge is 0.493 e. The topological polar surface area (TPSA) is 48.0 Å². The third-order valence-electron chi connectivity index (χ3n) is 2.32. The second-order valence-corrected chi connectivity index (χ2v) is 3.61. The summed E-state index contributed by atoms with van der Waals surface area (Å²) in [6.07, 6.45) is 0. The Balaban J connectivity index is 3.31. The Morgan fingerprint density at radius 2 is 1.59 bits per heavy atom. The van der Waals surface area contributed by atoms with Crippen molar-refractivity contribution in [2.75, 3.05) is 33.3 Å². The molecule has 0 saturated carbocycles. The maximum Gasteiger partial charge on any atom is 0.282 e. The fourth-order valence-corrected chi connectivity index (χ4v) is 1.49. The van der Waals surface area contributed by atoms with Gasteiger partial charge in [-0.3, -0.25) is 4.79 Å². The van der Waals surface area contributed by atoms with E-state index < -0.39 is 0 Å². The van der Waals surface area contributed by atoms with Crippen molar-refractivity contribution < 1.29 is 19.0 Å². The monoisotopic (exact) mass is 257 g/mol. The van der Waals surface area contributed by atoms with E-state index in [1.165, 1.54) is 26.2 Å². The Labute approximate surface area is 106 Å². The van der Waals surface area contributed by atoms with E-state index in [9.17, 15) is 4.79 Å². The lowest BCUT2D eigenvalue weighted by Gasteiger charge is -2.18. The molecule has 0 saturated heterocycles. The first-order valence-electron chi connectivity index (χ1n) is 4.81. The van der Waals surface area contributed by atoms with Crippen LogP contribution in [0.4, 0.5) is 10.5 Å². The molecule has 0 spiro atoms. The molecule has 0 heterocycles. The van der Waals surface area contributed by atoms with Gasteiger partial charge in [-0.2, -0.15) is 0 Å². The van der Waals surface area contributed by atoms with Crippen LogP contribution < -0.4 is 19.1 Å². The van der Waals surface area contributed by atoms with Gasteiger partial charge in [0.2, 0.25) is 5.75 Å². The number of benzene rings is 1. The van der Waals surface area contributed by atoms with Crippen molar-refractivity contribution in [1.82, 2.24) is 0 Å². The number of hydrogen-bond acceptors (Lipinski definition) is 4. The van der Waals surface area contributed by atoms with E-state index in [2.05, 4.69) is 12.6 Å². The molecule has 0 atom stereocenters. The van der Waals surface area contributed by atoms with E-state index in [-0.39, 0.29) is 5.24 Å². The van der Waals surface area contributed by atoms with Crippen molar-refractivity contribution in [2.24, 2.45) is 0 Å². The van der Waals surface area contributed by atoms with E-state index in [1.54, 1.807) is 19.2 Å². The third kappa shape index (κ3) is 2.76. The first-order chi connectivity index (χ1) is 8.04. The van der Waals surface area contributed by atoms with Gasteiger partial charge < -0.3 is 19.1 Å². The molecular formula is C11H15NO4S. The molecule has 0 radical (unpaired) electrons. The molecule has 1 aromatic carbocycles. The van der Waals surface area contributed by atoms with Gasteiger partial charge >= 0.3 is 0 Å². The number of hydrogen-bond donors (Lipinski definition) is 1. The molecule has 1 rings (SSSR count). The summed E-state index contributed by atoms with van der Waals surface area (Å²) < 4.78 is 15.5. The number of anilines is 1. The van der Waals surface area contributed by atoms with Crippen LogP contribution in [0.25, 0.3) is 0 Å². The van der Waals surface area contributed by atoms with Crippen LogP contribution in [0.2, 0.25) is 0 Å². The highest BCUT2D eigenvalue weighted by atomic mass is 32.1. The summed E-state index contributed by atoms with van der Waals surface area (Å²) >= 11 is 3.75. The molecule has 0 fully saturated rings. The Morgan fingerprint density at radius 3 is 1.88 bits per heavy atom. The van der Waals surface area contributed by atoms with Crippen molar-refractivity contribution in [1.29, 1.82) is 0 Å². The molecule has 17 heavy (non-hydrogen) atoms. The van der Waals surface area contributed by atoms with Gasteiger partial charge in [0, 0.05) is 19.2 Å². The Morgan fingerprint density at radius 1 is 1.12 bits per heavy atom. The van der Waals surface area contributed by atoms with Gasteiger partial charge in [-0.1, -0.05) is 12.6 Å². The lowest BCUT2D eigenvalue weighted by molar-refractivity contribution is 0.266. The SMILES string of the molecule is COc1cc(N(C)C(=O)S)cc(OC)c1OC. The maximum atomic E-state index is 11.2. The second-order valence-electron chi connectivity index (χ2n) is 3.23. The Hall–Kier alpha value is -1.56. The lowest BCUT2D eigenvalue weighted by Crippen LogP contribution is -2.19. The van der Waals surface area contributed by atoms with E-state index >= 15 is 0 Å². The van der Waals surface area contributed by atoms with Gasteiger partial charge in [-0.25, -0.2) is 0 Å². The highest BCUT2D eigenvalue weighted by Crippen LogP contribution is 2.40. The number of carbonyl (C=O) groups excluding carboxylic acids is 1. The standard InChI is InChI=1S/C11H15NO4S/c1-12(11(13)17)7-5-8(14-2)10(16-4)9(6-7)15-3/h5-6H,1-4H3,(H,13,17). The van der Waals surface area contributed by atoms with Crippen molar-refractivity contribution in [3.63, 3.8) is 0 Å². The van der Waals surface area contributed by atoms with Gasteiger partial charge in [0.25, 0.3) is 5.24 Å². The Bertz CT molecular complexity index is 397. The van der Waals surface area contributed by atoms with E-state index in [1.807, 2.05) is 0 Å². The zero-order chi connectivity index (χ0) is 13.0. The minimum Gasteiger partial charge on any atom is -0.493 e. The highest BCUT2D eigenvalue weighted by Gasteiger charge is 2.16. The van der Waals surface area contributed by atoms with Crippen LogP contribution in [0.5, 0.6) is 17.2 Å². The summed E-state index contributed by atoms with van der Waals surface area (Å²) in [5, 5.41) is -0.376.